The number of hydrogen-bond donors (Lipinski definition) is 2. The molecule has 0 aliphatic heterocycles. The van der Waals surface area contributed by atoms with Crippen LogP contribution in [0.3, 0.4) is 0 Å². The molecule has 7 heteroatoms. The van der Waals surface area contributed by atoms with Gasteiger partial charge in [-0.3, -0.25) is 9.53 Å². The Kier molecular flexibility index (Phi) is 4.16. The van der Waals surface area contributed by atoms with E-state index in [0.717, 1.165) is 16.8 Å². The van der Waals surface area contributed by atoms with E-state index in [1.54, 1.807) is 18.2 Å². The summed E-state index contributed by atoms with van der Waals surface area (Å²) < 4.78 is 16.4. The fourth-order valence-corrected chi connectivity index (χ4v) is 2.72. The van der Waals surface area contributed by atoms with Gasteiger partial charge in [-0.05, 0) is 24.6 Å². The Hall–Kier alpha value is -1.89. The first kappa shape index (κ1) is 13.5. The van der Waals surface area contributed by atoms with Crippen LogP contribution in [0.1, 0.15) is 13.3 Å². The van der Waals surface area contributed by atoms with Gasteiger partial charge in [0.1, 0.15) is 0 Å². The van der Waals surface area contributed by atoms with E-state index in [9.17, 15) is 9.00 Å². The summed E-state index contributed by atoms with van der Waals surface area (Å²) in [5.74, 6) is 0.938. The maximum Gasteiger partial charge on any atom is 0.413 e. The number of fused-ring (bicyclic) bond motifs is 1. The summed E-state index contributed by atoms with van der Waals surface area (Å²) in [4.78, 5) is 19.0. The number of benzene rings is 1. The lowest BCUT2D eigenvalue weighted by Crippen LogP contribution is -2.11. The number of imidazole rings is 1. The summed E-state index contributed by atoms with van der Waals surface area (Å²) in [5.41, 5.74) is 1.43. The Balaban J connectivity index is 2.28. The number of aromatic amines is 1. The topological polar surface area (TPSA) is 84.1 Å². The Bertz CT molecular complexity index is 624. The zero-order valence-corrected chi connectivity index (χ0v) is 11.5. The first-order valence-corrected chi connectivity index (χ1v) is 7.19. The van der Waals surface area contributed by atoms with Gasteiger partial charge in [0.15, 0.2) is 0 Å². The van der Waals surface area contributed by atoms with Gasteiger partial charge in [-0.25, -0.2) is 9.78 Å². The number of carbonyl (C=O) groups is 1. The Labute approximate surface area is 113 Å². The molecule has 0 aliphatic rings. The molecule has 0 radical (unpaired) electrons. The number of carbonyl (C=O) groups excluding carboxylic acids is 1. The van der Waals surface area contributed by atoms with Gasteiger partial charge >= 0.3 is 6.09 Å². The zero-order valence-electron chi connectivity index (χ0n) is 10.7. The maximum absolute atomic E-state index is 11.9. The van der Waals surface area contributed by atoms with Gasteiger partial charge in [0.25, 0.3) is 0 Å². The highest BCUT2D eigenvalue weighted by Crippen LogP contribution is 2.18. The van der Waals surface area contributed by atoms with Crippen LogP contribution in [-0.2, 0) is 15.5 Å². The summed E-state index contributed by atoms with van der Waals surface area (Å²) >= 11 is 0. The second kappa shape index (κ2) is 5.83. The third kappa shape index (κ3) is 3.11. The third-order valence-corrected chi connectivity index (χ3v) is 4.07. The van der Waals surface area contributed by atoms with Crippen LogP contribution in [0, 0.1) is 0 Å². The van der Waals surface area contributed by atoms with Gasteiger partial charge in [0.2, 0.25) is 5.95 Å². The smallest absolute Gasteiger partial charge is 0.413 e. The van der Waals surface area contributed by atoms with Crippen molar-refractivity contribution in [2.75, 3.05) is 18.2 Å². The molecule has 2 rings (SSSR count). The number of nitrogens with zero attached hydrogens (tertiary/aromatic N) is 1. The number of amides is 1. The van der Waals surface area contributed by atoms with Gasteiger partial charge in [0, 0.05) is 10.6 Å². The summed E-state index contributed by atoms with van der Waals surface area (Å²) in [5, 5.41) is 2.45. The molecule has 1 aromatic carbocycles. The van der Waals surface area contributed by atoms with Crippen molar-refractivity contribution in [3.63, 3.8) is 0 Å². The van der Waals surface area contributed by atoms with Crippen molar-refractivity contribution < 1.29 is 13.7 Å². The lowest BCUT2D eigenvalue weighted by Gasteiger charge is -1.99. The highest BCUT2D eigenvalue weighted by Gasteiger charge is 2.09. The molecule has 0 unspecified atom stereocenters. The van der Waals surface area contributed by atoms with Crippen molar-refractivity contribution >= 4 is 33.9 Å². The first-order chi connectivity index (χ1) is 9.13. The van der Waals surface area contributed by atoms with Crippen molar-refractivity contribution in [2.24, 2.45) is 0 Å². The fourth-order valence-electron chi connectivity index (χ4n) is 1.64. The van der Waals surface area contributed by atoms with E-state index < -0.39 is 16.9 Å². The number of rotatable bonds is 4. The number of hydrogen-bond acceptors (Lipinski definition) is 4. The summed E-state index contributed by atoms with van der Waals surface area (Å²) in [6.45, 7) is 1.99. The molecule has 2 N–H and O–H groups in total. The molecule has 0 fully saturated rings. The Morgan fingerprint density at radius 1 is 1.53 bits per heavy atom. The minimum atomic E-state index is -1.00. The monoisotopic (exact) mass is 281 g/mol. The molecule has 102 valence electrons. The molecule has 1 atom stereocenters. The molecular weight excluding hydrogens is 266 g/mol. The molecule has 0 bridgehead atoms. The first-order valence-electron chi connectivity index (χ1n) is 5.87. The second-order valence-electron chi connectivity index (χ2n) is 3.93. The van der Waals surface area contributed by atoms with E-state index in [2.05, 4.69) is 20.0 Å². The molecule has 1 heterocycles. The van der Waals surface area contributed by atoms with Crippen molar-refractivity contribution in [1.82, 2.24) is 9.97 Å². The van der Waals surface area contributed by atoms with Gasteiger partial charge in [-0.2, -0.15) is 0 Å². The highest BCUT2D eigenvalue weighted by atomic mass is 32.2. The SMILES string of the molecule is CCC[S@@](=O)c1ccc2nc(NC(=O)OC)[nH]c2c1. The van der Waals surface area contributed by atoms with Crippen LogP contribution in [0.5, 0.6) is 0 Å². The van der Waals surface area contributed by atoms with Crippen LogP contribution >= 0.6 is 0 Å². The maximum atomic E-state index is 11.9. The van der Waals surface area contributed by atoms with Crippen LogP contribution in [0.15, 0.2) is 23.1 Å². The Morgan fingerprint density at radius 3 is 3.00 bits per heavy atom. The predicted molar refractivity (Wildman–Crippen MR) is 73.7 cm³/mol. The molecule has 6 nitrogen and oxygen atoms in total. The number of nitrogens with one attached hydrogen (secondary N) is 2. The van der Waals surface area contributed by atoms with Crippen molar-refractivity contribution in [2.45, 2.75) is 18.2 Å². The minimum Gasteiger partial charge on any atom is -0.453 e. The number of H-pyrrole nitrogens is 1. The fraction of sp³-hybridized carbons (Fsp3) is 0.333. The molecule has 0 aliphatic carbocycles. The zero-order chi connectivity index (χ0) is 13.8. The number of methoxy groups -OCH3 is 1. The van der Waals surface area contributed by atoms with Crippen LogP contribution in [0.25, 0.3) is 11.0 Å². The number of ether oxygens (including phenoxy) is 1. The molecule has 0 spiro atoms. The third-order valence-electron chi connectivity index (χ3n) is 2.51. The number of aromatic nitrogens is 2. The van der Waals surface area contributed by atoms with E-state index in [1.807, 2.05) is 6.92 Å². The quantitative estimate of drug-likeness (QED) is 0.900. The van der Waals surface area contributed by atoms with Crippen LogP contribution in [0.2, 0.25) is 0 Å². The van der Waals surface area contributed by atoms with E-state index in [0.29, 0.717) is 17.2 Å². The van der Waals surface area contributed by atoms with Crippen molar-refractivity contribution in [3.05, 3.63) is 18.2 Å². The largest absolute Gasteiger partial charge is 0.453 e. The highest BCUT2D eigenvalue weighted by molar-refractivity contribution is 7.85. The van der Waals surface area contributed by atoms with Crippen LogP contribution in [-0.4, -0.2) is 33.1 Å². The Morgan fingerprint density at radius 2 is 2.32 bits per heavy atom. The molecule has 0 saturated heterocycles. The molecule has 19 heavy (non-hydrogen) atoms. The molecular formula is C12H15N3O3S. The molecule has 1 aromatic heterocycles. The van der Waals surface area contributed by atoms with Gasteiger partial charge in [0.05, 0.1) is 28.9 Å². The summed E-state index contributed by atoms with van der Waals surface area (Å²) in [7, 11) is 0.279. The standard InChI is InChI=1S/C12H15N3O3S/c1-3-6-19(17)8-4-5-9-10(7-8)14-11(13-9)15-12(16)18-2/h4-5,7H,3,6H2,1-2H3,(H2,13,14,15,16)/t19-/m1/s1. The van der Waals surface area contributed by atoms with Crippen molar-refractivity contribution in [3.8, 4) is 0 Å². The van der Waals surface area contributed by atoms with E-state index in [-0.39, 0.29) is 0 Å². The normalized spacial score (nSPS) is 12.3. The molecule has 0 saturated carbocycles. The second-order valence-corrected chi connectivity index (χ2v) is 5.50. The predicted octanol–water partition coefficient (Wildman–Crippen LogP) is 2.26. The van der Waals surface area contributed by atoms with Crippen LogP contribution < -0.4 is 5.32 Å². The average molecular weight is 281 g/mol. The van der Waals surface area contributed by atoms with E-state index in [1.165, 1.54) is 7.11 Å². The summed E-state index contributed by atoms with van der Waals surface area (Å²) in [6, 6.07) is 5.35. The molecule has 1 amide bonds. The van der Waals surface area contributed by atoms with Crippen molar-refractivity contribution in [1.29, 1.82) is 0 Å². The van der Waals surface area contributed by atoms with E-state index >= 15 is 0 Å². The lowest BCUT2D eigenvalue weighted by atomic mass is 10.3. The minimum absolute atomic E-state index is 0.306. The average Bonchev–Trinajstić information content (AvgIpc) is 2.79. The lowest BCUT2D eigenvalue weighted by molar-refractivity contribution is 0.186. The van der Waals surface area contributed by atoms with E-state index in [4.69, 9.17) is 0 Å². The van der Waals surface area contributed by atoms with Crippen LogP contribution in [0.4, 0.5) is 10.7 Å². The van der Waals surface area contributed by atoms with Gasteiger partial charge in [-0.1, -0.05) is 6.92 Å². The van der Waals surface area contributed by atoms with Gasteiger partial charge < -0.3 is 9.72 Å². The summed E-state index contributed by atoms with van der Waals surface area (Å²) in [6.07, 6.45) is 0.275. The number of anilines is 1. The molecule has 2 aromatic rings. The van der Waals surface area contributed by atoms with Gasteiger partial charge in [-0.15, -0.1) is 0 Å².